The number of nitrogen functional groups attached to an aromatic ring is 1. The molecule has 0 saturated carbocycles. The van der Waals surface area contributed by atoms with E-state index in [4.69, 9.17) is 20.8 Å². The molecular formula is C12H11N5O3S. The SMILES string of the molecule is CCOc1nc(Nc2ncc(C(=O)O)s2)cc(N)c1C#N. The smallest absolute Gasteiger partial charge is 0.347 e. The van der Waals surface area contributed by atoms with Crippen molar-refractivity contribution >= 4 is 33.9 Å². The van der Waals surface area contributed by atoms with Crippen LogP contribution < -0.4 is 15.8 Å². The number of hydrogen-bond acceptors (Lipinski definition) is 8. The Bertz CT molecular complexity index is 722. The Morgan fingerprint density at radius 2 is 2.43 bits per heavy atom. The van der Waals surface area contributed by atoms with E-state index in [1.807, 2.05) is 6.07 Å². The molecule has 0 radical (unpaired) electrons. The fraction of sp³-hybridized carbons (Fsp3) is 0.167. The zero-order valence-corrected chi connectivity index (χ0v) is 11.8. The Hall–Kier alpha value is -2.86. The number of carboxylic acid groups (broad SMARTS) is 1. The molecule has 0 bridgehead atoms. The monoisotopic (exact) mass is 305 g/mol. The number of hydrogen-bond donors (Lipinski definition) is 3. The van der Waals surface area contributed by atoms with Gasteiger partial charge in [-0.05, 0) is 6.92 Å². The lowest BCUT2D eigenvalue weighted by atomic mass is 10.2. The average molecular weight is 305 g/mol. The molecule has 0 aliphatic heterocycles. The number of aromatic carboxylic acids is 1. The van der Waals surface area contributed by atoms with E-state index in [0.29, 0.717) is 17.6 Å². The molecule has 0 amide bonds. The van der Waals surface area contributed by atoms with Gasteiger partial charge in [0.05, 0.1) is 18.5 Å². The van der Waals surface area contributed by atoms with Gasteiger partial charge in [-0.3, -0.25) is 0 Å². The number of nitriles is 1. The Balaban J connectivity index is 2.31. The number of ether oxygens (including phenoxy) is 1. The first kappa shape index (κ1) is 14.5. The highest BCUT2D eigenvalue weighted by Gasteiger charge is 2.14. The molecule has 9 heteroatoms. The molecule has 2 rings (SSSR count). The molecule has 2 aromatic heterocycles. The number of carboxylic acids is 1. The van der Waals surface area contributed by atoms with Crippen molar-refractivity contribution in [3.8, 4) is 11.9 Å². The number of carbonyl (C=O) groups is 1. The predicted octanol–water partition coefficient (Wildman–Crippen LogP) is 1.83. The summed E-state index contributed by atoms with van der Waals surface area (Å²) in [5.41, 5.74) is 6.15. The molecular weight excluding hydrogens is 294 g/mol. The largest absolute Gasteiger partial charge is 0.477 e. The minimum atomic E-state index is -1.05. The first-order valence-corrected chi connectivity index (χ1v) is 6.66. The second kappa shape index (κ2) is 6.06. The first-order chi connectivity index (χ1) is 10.0. The van der Waals surface area contributed by atoms with Crippen LogP contribution in [0.3, 0.4) is 0 Å². The number of anilines is 3. The molecule has 21 heavy (non-hydrogen) atoms. The molecule has 8 nitrogen and oxygen atoms in total. The third-order valence-corrected chi connectivity index (χ3v) is 3.26. The summed E-state index contributed by atoms with van der Waals surface area (Å²) in [5.74, 6) is -0.610. The van der Waals surface area contributed by atoms with E-state index in [9.17, 15) is 4.79 Å². The van der Waals surface area contributed by atoms with Crippen LogP contribution in [0.5, 0.6) is 5.88 Å². The summed E-state index contributed by atoms with van der Waals surface area (Å²) in [6, 6.07) is 3.39. The third kappa shape index (κ3) is 3.18. The van der Waals surface area contributed by atoms with Crippen molar-refractivity contribution in [1.82, 2.24) is 9.97 Å². The van der Waals surface area contributed by atoms with Crippen molar-refractivity contribution in [2.24, 2.45) is 0 Å². The Kier molecular flexibility index (Phi) is 4.20. The summed E-state index contributed by atoms with van der Waals surface area (Å²) in [5, 5.41) is 21.1. The standard InChI is InChI=1S/C12H11N5O3S/c1-2-20-10-6(4-13)7(14)3-9(16-10)17-12-15-5-8(21-12)11(18)19/h3,5H,2H2,1H3,(H,18,19)(H3,14,15,16,17). The molecule has 0 saturated heterocycles. The number of pyridine rings is 1. The molecule has 0 aliphatic carbocycles. The zero-order valence-electron chi connectivity index (χ0n) is 11.0. The topological polar surface area (TPSA) is 134 Å². The van der Waals surface area contributed by atoms with Crippen molar-refractivity contribution in [3.05, 3.63) is 22.7 Å². The van der Waals surface area contributed by atoms with Gasteiger partial charge < -0.3 is 20.9 Å². The summed E-state index contributed by atoms with van der Waals surface area (Å²) >= 11 is 0.962. The van der Waals surface area contributed by atoms with Crippen LogP contribution in [0.4, 0.5) is 16.6 Å². The lowest BCUT2D eigenvalue weighted by Crippen LogP contribution is -2.04. The molecule has 108 valence electrons. The van der Waals surface area contributed by atoms with Gasteiger partial charge in [-0.15, -0.1) is 0 Å². The maximum Gasteiger partial charge on any atom is 0.347 e. The molecule has 0 aromatic carbocycles. The molecule has 0 aliphatic rings. The van der Waals surface area contributed by atoms with E-state index in [0.717, 1.165) is 11.3 Å². The van der Waals surface area contributed by atoms with Crippen LogP contribution in [0.1, 0.15) is 22.2 Å². The number of aromatic nitrogens is 2. The molecule has 0 spiro atoms. The van der Waals surface area contributed by atoms with Gasteiger partial charge in [0.25, 0.3) is 0 Å². The summed E-state index contributed by atoms with van der Waals surface area (Å²) in [6.07, 6.45) is 1.24. The fourth-order valence-electron chi connectivity index (χ4n) is 1.50. The van der Waals surface area contributed by atoms with Gasteiger partial charge in [0.15, 0.2) is 5.13 Å². The van der Waals surface area contributed by atoms with Gasteiger partial charge in [-0.2, -0.15) is 10.2 Å². The van der Waals surface area contributed by atoms with Gasteiger partial charge >= 0.3 is 5.97 Å². The minimum Gasteiger partial charge on any atom is -0.477 e. The predicted molar refractivity (Wildman–Crippen MR) is 76.9 cm³/mol. The number of nitrogens with zero attached hydrogens (tertiary/aromatic N) is 3. The number of nitrogens with two attached hydrogens (primary N) is 1. The lowest BCUT2D eigenvalue weighted by molar-refractivity contribution is 0.0702. The number of rotatable bonds is 5. The minimum absolute atomic E-state index is 0.101. The Morgan fingerprint density at radius 1 is 1.67 bits per heavy atom. The van der Waals surface area contributed by atoms with Crippen LogP contribution in [0.15, 0.2) is 12.3 Å². The summed E-state index contributed by atoms with van der Waals surface area (Å²) in [4.78, 5) is 18.9. The van der Waals surface area contributed by atoms with Crippen molar-refractivity contribution in [2.45, 2.75) is 6.92 Å². The highest BCUT2D eigenvalue weighted by atomic mass is 32.1. The van der Waals surface area contributed by atoms with Gasteiger partial charge in [-0.1, -0.05) is 11.3 Å². The van der Waals surface area contributed by atoms with Crippen LogP contribution in [0, 0.1) is 11.3 Å². The number of thiazole rings is 1. The van der Waals surface area contributed by atoms with Crippen LogP contribution in [-0.4, -0.2) is 27.7 Å². The van der Waals surface area contributed by atoms with Crippen LogP contribution >= 0.6 is 11.3 Å². The molecule has 0 atom stereocenters. The first-order valence-electron chi connectivity index (χ1n) is 5.84. The van der Waals surface area contributed by atoms with Crippen molar-refractivity contribution in [2.75, 3.05) is 17.7 Å². The van der Waals surface area contributed by atoms with E-state index in [-0.39, 0.29) is 22.0 Å². The van der Waals surface area contributed by atoms with E-state index in [1.165, 1.54) is 12.3 Å². The Labute approximate surface area is 123 Å². The van der Waals surface area contributed by atoms with Crippen molar-refractivity contribution in [1.29, 1.82) is 5.26 Å². The summed E-state index contributed by atoms with van der Waals surface area (Å²) in [6.45, 7) is 2.10. The van der Waals surface area contributed by atoms with Crippen LogP contribution in [-0.2, 0) is 0 Å². The van der Waals surface area contributed by atoms with E-state index >= 15 is 0 Å². The van der Waals surface area contributed by atoms with Crippen molar-refractivity contribution < 1.29 is 14.6 Å². The molecule has 2 aromatic rings. The lowest BCUT2D eigenvalue weighted by Gasteiger charge is -2.09. The summed E-state index contributed by atoms with van der Waals surface area (Å²) in [7, 11) is 0. The highest BCUT2D eigenvalue weighted by Crippen LogP contribution is 2.28. The van der Waals surface area contributed by atoms with Gasteiger partial charge in [0.1, 0.15) is 22.3 Å². The van der Waals surface area contributed by atoms with Gasteiger partial charge in [0, 0.05) is 6.07 Å². The Morgan fingerprint density at radius 3 is 3.00 bits per heavy atom. The quantitative estimate of drug-likeness (QED) is 0.761. The second-order valence-corrected chi connectivity index (χ2v) is 4.81. The van der Waals surface area contributed by atoms with E-state index in [1.54, 1.807) is 6.92 Å². The van der Waals surface area contributed by atoms with Crippen molar-refractivity contribution in [3.63, 3.8) is 0 Å². The highest BCUT2D eigenvalue weighted by molar-refractivity contribution is 7.17. The average Bonchev–Trinajstić information content (AvgIpc) is 2.87. The maximum absolute atomic E-state index is 10.8. The summed E-state index contributed by atoms with van der Waals surface area (Å²) < 4.78 is 5.27. The van der Waals surface area contributed by atoms with Crippen LogP contribution in [0.2, 0.25) is 0 Å². The van der Waals surface area contributed by atoms with Gasteiger partial charge in [-0.25, -0.2) is 9.78 Å². The normalized spacial score (nSPS) is 9.90. The molecule has 4 N–H and O–H groups in total. The van der Waals surface area contributed by atoms with Gasteiger partial charge in [0.2, 0.25) is 5.88 Å². The molecule has 0 unspecified atom stereocenters. The van der Waals surface area contributed by atoms with E-state index in [2.05, 4.69) is 15.3 Å². The van der Waals surface area contributed by atoms with Crippen LogP contribution in [0.25, 0.3) is 0 Å². The second-order valence-electron chi connectivity index (χ2n) is 3.78. The molecule has 2 heterocycles. The van der Waals surface area contributed by atoms with E-state index < -0.39 is 5.97 Å². The zero-order chi connectivity index (χ0) is 15.4. The molecule has 0 fully saturated rings. The third-order valence-electron chi connectivity index (χ3n) is 2.36. The maximum atomic E-state index is 10.8. The number of nitrogens with one attached hydrogen (secondary N) is 1. The fourth-order valence-corrected chi connectivity index (χ4v) is 2.16.